The predicted molar refractivity (Wildman–Crippen MR) is 60.4 cm³/mol. The van der Waals surface area contributed by atoms with Crippen molar-refractivity contribution in [2.75, 3.05) is 0 Å². The Kier molecular flexibility index (Phi) is 3.89. The van der Waals surface area contributed by atoms with Crippen LogP contribution >= 0.6 is 15.9 Å². The zero-order chi connectivity index (χ0) is 12.3. The largest absolute Gasteiger partial charge is 0.507 e. The van der Waals surface area contributed by atoms with Crippen molar-refractivity contribution in [2.45, 2.75) is 13.0 Å². The summed E-state index contributed by atoms with van der Waals surface area (Å²) >= 11 is 3.08. The lowest BCUT2D eigenvalue weighted by Crippen LogP contribution is -2.38. The fourth-order valence-corrected chi connectivity index (χ4v) is 1.24. The second kappa shape index (κ2) is 4.98. The predicted octanol–water partition coefficient (Wildman–Crippen LogP) is 1.36. The van der Waals surface area contributed by atoms with Gasteiger partial charge in [0, 0.05) is 5.56 Å². The van der Waals surface area contributed by atoms with Crippen molar-refractivity contribution in [1.82, 2.24) is 5.32 Å². The number of phenolic OH excluding ortho intramolecular Hbond substituents is 1. The Balaban J connectivity index is 2.81. The molecule has 0 saturated heterocycles. The fraction of sp³-hybridized carbons (Fsp3) is 0.200. The second-order valence-corrected chi connectivity index (χ2v) is 4.05. The fourth-order valence-electron chi connectivity index (χ4n) is 0.996. The summed E-state index contributed by atoms with van der Waals surface area (Å²) < 4.78 is 0.468. The van der Waals surface area contributed by atoms with Crippen LogP contribution in [-0.2, 0) is 4.79 Å². The van der Waals surface area contributed by atoms with Crippen molar-refractivity contribution in [1.29, 1.82) is 0 Å². The lowest BCUT2D eigenvalue weighted by atomic mass is 10.2. The van der Waals surface area contributed by atoms with Gasteiger partial charge >= 0.3 is 5.97 Å². The average Bonchev–Trinajstić information content (AvgIpc) is 2.21. The molecule has 0 radical (unpaired) electrons. The highest BCUT2D eigenvalue weighted by atomic mass is 79.9. The Labute approximate surface area is 100 Å². The van der Waals surface area contributed by atoms with E-state index in [0.717, 1.165) is 0 Å². The number of hydrogen-bond acceptors (Lipinski definition) is 3. The molecule has 0 aliphatic heterocycles. The molecule has 16 heavy (non-hydrogen) atoms. The van der Waals surface area contributed by atoms with Gasteiger partial charge in [0.25, 0.3) is 5.91 Å². The number of hydrogen-bond donors (Lipinski definition) is 3. The van der Waals surface area contributed by atoms with E-state index < -0.39 is 17.9 Å². The Morgan fingerprint density at radius 3 is 2.56 bits per heavy atom. The molecular weight excluding hydrogens is 278 g/mol. The molecule has 0 aromatic heterocycles. The Morgan fingerprint density at radius 1 is 1.44 bits per heavy atom. The summed E-state index contributed by atoms with van der Waals surface area (Å²) in [6.45, 7) is 1.36. The first-order chi connectivity index (χ1) is 7.41. The van der Waals surface area contributed by atoms with E-state index in [9.17, 15) is 14.7 Å². The molecule has 0 spiro atoms. The van der Waals surface area contributed by atoms with Crippen molar-refractivity contribution in [3.63, 3.8) is 0 Å². The normalized spacial score (nSPS) is 11.9. The zero-order valence-corrected chi connectivity index (χ0v) is 9.98. The molecule has 1 rings (SSSR count). The molecule has 1 amide bonds. The Hall–Kier alpha value is -1.56. The number of carboxylic acid groups (broad SMARTS) is 1. The molecule has 0 aliphatic rings. The van der Waals surface area contributed by atoms with E-state index in [1.807, 2.05) is 0 Å². The lowest BCUT2D eigenvalue weighted by Gasteiger charge is -2.09. The minimum Gasteiger partial charge on any atom is -0.507 e. The van der Waals surface area contributed by atoms with Crippen molar-refractivity contribution in [2.24, 2.45) is 0 Å². The molecule has 0 heterocycles. The van der Waals surface area contributed by atoms with E-state index >= 15 is 0 Å². The number of halogens is 1. The average molecular weight is 288 g/mol. The van der Waals surface area contributed by atoms with Gasteiger partial charge in [0.15, 0.2) is 0 Å². The third kappa shape index (κ3) is 2.96. The number of carboxylic acids is 1. The first-order valence-electron chi connectivity index (χ1n) is 4.44. The summed E-state index contributed by atoms with van der Waals surface area (Å²) in [6, 6.07) is 3.27. The first-order valence-corrected chi connectivity index (χ1v) is 5.23. The molecular formula is C10H10BrNO4. The van der Waals surface area contributed by atoms with E-state index in [4.69, 9.17) is 5.11 Å². The van der Waals surface area contributed by atoms with Crippen LogP contribution in [0.15, 0.2) is 22.7 Å². The summed E-state index contributed by atoms with van der Waals surface area (Å²) in [5.41, 5.74) is 0.203. The highest BCUT2D eigenvalue weighted by molar-refractivity contribution is 9.10. The quantitative estimate of drug-likeness (QED) is 0.783. The number of carbonyl (C=O) groups excluding carboxylic acids is 1. The minimum atomic E-state index is -1.12. The third-order valence-corrected chi connectivity index (χ3v) is 2.60. The number of aromatic hydroxyl groups is 1. The minimum absolute atomic E-state index is 0.0735. The van der Waals surface area contributed by atoms with Crippen LogP contribution in [0.4, 0.5) is 0 Å². The van der Waals surface area contributed by atoms with Crippen LogP contribution in [0.25, 0.3) is 0 Å². The number of amides is 1. The molecule has 5 nitrogen and oxygen atoms in total. The van der Waals surface area contributed by atoms with Crippen molar-refractivity contribution in [3.8, 4) is 5.75 Å². The van der Waals surface area contributed by atoms with E-state index in [0.29, 0.717) is 4.47 Å². The molecule has 3 N–H and O–H groups in total. The van der Waals surface area contributed by atoms with E-state index in [1.165, 1.54) is 25.1 Å². The van der Waals surface area contributed by atoms with Gasteiger partial charge in [-0.3, -0.25) is 9.59 Å². The summed E-state index contributed by atoms with van der Waals surface area (Å²) in [5, 5.41) is 20.2. The monoisotopic (exact) mass is 287 g/mol. The summed E-state index contributed by atoms with van der Waals surface area (Å²) in [6.07, 6.45) is 0. The molecule has 6 heteroatoms. The summed E-state index contributed by atoms with van der Waals surface area (Å²) in [5.74, 6) is -1.73. The van der Waals surface area contributed by atoms with E-state index in [-0.39, 0.29) is 11.3 Å². The highest BCUT2D eigenvalue weighted by Gasteiger charge is 2.15. The topological polar surface area (TPSA) is 86.6 Å². The van der Waals surface area contributed by atoms with E-state index in [1.54, 1.807) is 0 Å². The smallest absolute Gasteiger partial charge is 0.325 e. The Bertz CT molecular complexity index is 433. The maximum absolute atomic E-state index is 11.5. The molecule has 0 aliphatic carbocycles. The second-order valence-electron chi connectivity index (χ2n) is 3.20. The first kappa shape index (κ1) is 12.5. The Morgan fingerprint density at radius 2 is 2.06 bits per heavy atom. The van der Waals surface area contributed by atoms with E-state index in [2.05, 4.69) is 21.2 Å². The SMILES string of the molecule is CC(NC(=O)c1ccc(Br)c(O)c1)C(=O)O. The molecule has 1 aromatic carbocycles. The maximum Gasteiger partial charge on any atom is 0.325 e. The van der Waals surface area contributed by atoms with Gasteiger partial charge in [-0.1, -0.05) is 0 Å². The number of rotatable bonds is 3. The van der Waals surface area contributed by atoms with Crippen LogP contribution in [0.1, 0.15) is 17.3 Å². The molecule has 1 unspecified atom stereocenters. The molecule has 86 valence electrons. The maximum atomic E-state index is 11.5. The van der Waals surface area contributed by atoms with Crippen LogP contribution in [0.5, 0.6) is 5.75 Å². The van der Waals surface area contributed by atoms with Crippen molar-refractivity contribution < 1.29 is 19.8 Å². The number of nitrogens with one attached hydrogen (secondary N) is 1. The van der Waals surface area contributed by atoms with Gasteiger partial charge in [0.05, 0.1) is 4.47 Å². The molecule has 1 aromatic rings. The summed E-state index contributed by atoms with van der Waals surface area (Å²) in [4.78, 5) is 22.0. The molecule has 0 bridgehead atoms. The number of carbonyl (C=O) groups is 2. The van der Waals surface area contributed by atoms with Crippen LogP contribution in [0, 0.1) is 0 Å². The highest BCUT2D eigenvalue weighted by Crippen LogP contribution is 2.24. The van der Waals surface area contributed by atoms with Gasteiger partial charge in [-0.2, -0.15) is 0 Å². The van der Waals surface area contributed by atoms with Crippen LogP contribution < -0.4 is 5.32 Å². The van der Waals surface area contributed by atoms with Gasteiger partial charge in [0.2, 0.25) is 0 Å². The van der Waals surface area contributed by atoms with Crippen LogP contribution in [0.2, 0.25) is 0 Å². The third-order valence-electron chi connectivity index (χ3n) is 1.93. The van der Waals surface area contributed by atoms with Gasteiger partial charge < -0.3 is 15.5 Å². The number of aliphatic carboxylic acids is 1. The summed E-state index contributed by atoms with van der Waals surface area (Å²) in [7, 11) is 0. The molecule has 0 saturated carbocycles. The van der Waals surface area contributed by atoms with Gasteiger partial charge in [-0.15, -0.1) is 0 Å². The van der Waals surface area contributed by atoms with Crippen LogP contribution in [0.3, 0.4) is 0 Å². The van der Waals surface area contributed by atoms with Crippen molar-refractivity contribution in [3.05, 3.63) is 28.2 Å². The van der Waals surface area contributed by atoms with Gasteiger partial charge in [0.1, 0.15) is 11.8 Å². The number of phenols is 1. The number of benzene rings is 1. The van der Waals surface area contributed by atoms with Crippen molar-refractivity contribution >= 4 is 27.8 Å². The van der Waals surface area contributed by atoms with Gasteiger partial charge in [-0.05, 0) is 41.1 Å². The lowest BCUT2D eigenvalue weighted by molar-refractivity contribution is -0.138. The molecule has 0 fully saturated rings. The standard InChI is InChI=1S/C10H10BrNO4/c1-5(10(15)16)12-9(14)6-2-3-7(11)8(13)4-6/h2-5,13H,1H3,(H,12,14)(H,15,16). The zero-order valence-electron chi connectivity index (χ0n) is 8.40. The molecule has 1 atom stereocenters. The van der Waals surface area contributed by atoms with Gasteiger partial charge in [-0.25, -0.2) is 0 Å². The van der Waals surface area contributed by atoms with Crippen LogP contribution in [-0.4, -0.2) is 28.1 Å².